The Morgan fingerprint density at radius 1 is 0.789 bits per heavy atom. The summed E-state index contributed by atoms with van der Waals surface area (Å²) >= 11 is 0. The molecule has 0 unspecified atom stereocenters. The standard InChI is InChI=1S/C26H17F7N2O3/c1-14-11-17(24(27,25(28,29)30)26(31,32)33)9-10-20(14)34-21(36)16-6-4-5-15(12-16)13-35-22(37)18-7-2-3-8-19(18)23(35)38/h2-12H,13H2,1H3,(H,34,36). The molecule has 0 saturated heterocycles. The molecule has 3 aromatic carbocycles. The molecule has 0 fully saturated rings. The Bertz CT molecular complexity index is 1400. The molecule has 0 atom stereocenters. The summed E-state index contributed by atoms with van der Waals surface area (Å²) < 4.78 is 92.6. The lowest BCUT2D eigenvalue weighted by Crippen LogP contribution is -2.50. The van der Waals surface area contributed by atoms with Crippen LogP contribution in [0.15, 0.2) is 66.7 Å². The van der Waals surface area contributed by atoms with Gasteiger partial charge in [-0.3, -0.25) is 19.3 Å². The fourth-order valence-corrected chi connectivity index (χ4v) is 4.08. The first-order valence-corrected chi connectivity index (χ1v) is 10.9. The zero-order chi connectivity index (χ0) is 28.0. The van der Waals surface area contributed by atoms with Gasteiger partial charge in [-0.25, -0.2) is 4.39 Å². The van der Waals surface area contributed by atoms with Gasteiger partial charge in [-0.1, -0.05) is 36.4 Å². The fourth-order valence-electron chi connectivity index (χ4n) is 4.08. The first-order chi connectivity index (χ1) is 17.6. The number of imide groups is 1. The van der Waals surface area contributed by atoms with Crippen LogP contribution in [-0.2, 0) is 12.2 Å². The summed E-state index contributed by atoms with van der Waals surface area (Å²) in [5.74, 6) is -1.78. The number of amides is 3. The van der Waals surface area contributed by atoms with Gasteiger partial charge < -0.3 is 5.32 Å². The van der Waals surface area contributed by atoms with Gasteiger partial charge in [-0.15, -0.1) is 0 Å². The zero-order valence-electron chi connectivity index (χ0n) is 19.4. The van der Waals surface area contributed by atoms with Crippen LogP contribution in [0.5, 0.6) is 0 Å². The second-order valence-electron chi connectivity index (χ2n) is 8.58. The summed E-state index contributed by atoms with van der Waals surface area (Å²) in [6.45, 7) is 0.972. The van der Waals surface area contributed by atoms with Crippen LogP contribution in [0, 0.1) is 6.92 Å². The third-order valence-electron chi connectivity index (χ3n) is 6.06. The van der Waals surface area contributed by atoms with Crippen LogP contribution in [0.2, 0.25) is 0 Å². The maximum absolute atomic E-state index is 14.3. The molecule has 0 saturated carbocycles. The number of fused-ring (bicyclic) bond motifs is 1. The molecule has 38 heavy (non-hydrogen) atoms. The van der Waals surface area contributed by atoms with Crippen LogP contribution >= 0.6 is 0 Å². The Balaban J connectivity index is 1.54. The van der Waals surface area contributed by atoms with E-state index < -0.39 is 41.3 Å². The normalized spacial score (nSPS) is 14.1. The lowest BCUT2D eigenvalue weighted by Gasteiger charge is -2.30. The van der Waals surface area contributed by atoms with Crippen LogP contribution in [0.1, 0.15) is 47.8 Å². The van der Waals surface area contributed by atoms with Gasteiger partial charge in [0.05, 0.1) is 17.7 Å². The molecule has 0 aliphatic carbocycles. The Hall–Kier alpha value is -4.22. The maximum Gasteiger partial charge on any atom is 0.435 e. The number of aryl methyl sites for hydroxylation is 1. The quantitative estimate of drug-likeness (QED) is 0.305. The number of nitrogens with zero attached hydrogens (tertiary/aromatic N) is 1. The Kier molecular flexibility index (Phi) is 6.54. The summed E-state index contributed by atoms with van der Waals surface area (Å²) in [4.78, 5) is 39.0. The first-order valence-electron chi connectivity index (χ1n) is 10.9. The van der Waals surface area contributed by atoms with Gasteiger partial charge in [0.25, 0.3) is 17.7 Å². The van der Waals surface area contributed by atoms with E-state index in [1.54, 1.807) is 18.2 Å². The van der Waals surface area contributed by atoms with Crippen molar-refractivity contribution in [3.63, 3.8) is 0 Å². The molecule has 5 nitrogen and oxygen atoms in total. The smallest absolute Gasteiger partial charge is 0.322 e. The predicted octanol–water partition coefficient (Wildman–Crippen LogP) is 6.33. The highest BCUT2D eigenvalue weighted by Gasteiger charge is 2.73. The molecule has 12 heteroatoms. The van der Waals surface area contributed by atoms with Gasteiger partial charge in [-0.05, 0) is 48.4 Å². The number of rotatable bonds is 5. The summed E-state index contributed by atoms with van der Waals surface area (Å²) in [5.41, 5.74) is -6.70. The predicted molar refractivity (Wildman–Crippen MR) is 121 cm³/mol. The van der Waals surface area contributed by atoms with Gasteiger partial charge in [-0.2, -0.15) is 26.3 Å². The average Bonchev–Trinajstić information content (AvgIpc) is 3.08. The largest absolute Gasteiger partial charge is 0.435 e. The van der Waals surface area contributed by atoms with Gasteiger partial charge in [0.2, 0.25) is 0 Å². The molecular formula is C26H17F7N2O3. The van der Waals surface area contributed by atoms with Gasteiger partial charge in [0.15, 0.2) is 0 Å². The number of carbonyl (C=O) groups excluding carboxylic acids is 3. The first kappa shape index (κ1) is 26.8. The highest BCUT2D eigenvalue weighted by atomic mass is 19.4. The number of benzene rings is 3. The summed E-state index contributed by atoms with van der Waals surface area (Å²) in [6.07, 6.45) is -12.5. The van der Waals surface area contributed by atoms with Crippen LogP contribution in [0.25, 0.3) is 0 Å². The van der Waals surface area contributed by atoms with Crippen molar-refractivity contribution in [2.45, 2.75) is 31.5 Å². The van der Waals surface area contributed by atoms with Crippen LogP contribution in [0.3, 0.4) is 0 Å². The lowest BCUT2D eigenvalue weighted by atomic mass is 9.92. The van der Waals surface area contributed by atoms with Gasteiger partial charge in [0, 0.05) is 16.8 Å². The lowest BCUT2D eigenvalue weighted by molar-refractivity contribution is -0.348. The van der Waals surface area contributed by atoms with Gasteiger partial charge >= 0.3 is 18.0 Å². The van der Waals surface area contributed by atoms with E-state index in [1.807, 2.05) is 0 Å². The molecule has 1 heterocycles. The Morgan fingerprint density at radius 3 is 1.89 bits per heavy atom. The minimum absolute atomic E-state index is 0.0352. The number of carbonyl (C=O) groups is 3. The van der Waals surface area contributed by atoms with E-state index in [4.69, 9.17) is 0 Å². The van der Waals surface area contributed by atoms with E-state index in [-0.39, 0.29) is 34.5 Å². The average molecular weight is 538 g/mol. The zero-order valence-corrected chi connectivity index (χ0v) is 19.4. The SMILES string of the molecule is Cc1cc(C(F)(C(F)(F)F)C(F)(F)F)ccc1NC(=O)c1cccc(CN2C(=O)c3ccccc3C2=O)c1. The van der Waals surface area contributed by atoms with Crippen molar-refractivity contribution in [3.8, 4) is 0 Å². The molecule has 0 radical (unpaired) electrons. The number of nitrogens with one attached hydrogen (secondary N) is 1. The van der Waals surface area contributed by atoms with Crippen LogP contribution in [-0.4, -0.2) is 35.0 Å². The topological polar surface area (TPSA) is 66.5 Å². The number of halogens is 7. The number of hydrogen-bond donors (Lipinski definition) is 1. The molecule has 1 aliphatic rings. The van der Waals surface area contributed by atoms with E-state index in [0.717, 1.165) is 17.9 Å². The molecule has 1 aliphatic heterocycles. The second-order valence-corrected chi connectivity index (χ2v) is 8.58. The molecule has 3 aromatic rings. The molecule has 198 valence electrons. The van der Waals surface area contributed by atoms with E-state index >= 15 is 0 Å². The van der Waals surface area contributed by atoms with E-state index in [0.29, 0.717) is 17.7 Å². The summed E-state index contributed by atoms with van der Waals surface area (Å²) in [6, 6.07) is 13.5. The van der Waals surface area contributed by atoms with Crippen LogP contribution in [0.4, 0.5) is 36.4 Å². The number of hydrogen-bond acceptors (Lipinski definition) is 3. The third kappa shape index (κ3) is 4.50. The second kappa shape index (κ2) is 9.26. The van der Waals surface area contributed by atoms with Crippen LogP contribution < -0.4 is 5.32 Å². The molecule has 0 spiro atoms. The highest BCUT2D eigenvalue weighted by molar-refractivity contribution is 6.21. The van der Waals surface area contributed by atoms with E-state index in [2.05, 4.69) is 5.32 Å². The molecular weight excluding hydrogens is 521 g/mol. The minimum Gasteiger partial charge on any atom is -0.322 e. The minimum atomic E-state index is -6.26. The highest BCUT2D eigenvalue weighted by Crippen LogP contribution is 2.53. The molecule has 4 rings (SSSR count). The summed E-state index contributed by atoms with van der Waals surface area (Å²) in [5, 5.41) is 2.36. The van der Waals surface area contributed by atoms with E-state index in [9.17, 15) is 45.1 Å². The van der Waals surface area contributed by atoms with Crippen molar-refractivity contribution in [1.82, 2.24) is 4.90 Å². The van der Waals surface area contributed by atoms with Crippen molar-refractivity contribution < 1.29 is 45.1 Å². The molecule has 1 N–H and O–H groups in total. The third-order valence-corrected chi connectivity index (χ3v) is 6.06. The van der Waals surface area contributed by atoms with Crippen molar-refractivity contribution in [2.24, 2.45) is 0 Å². The molecule has 0 aromatic heterocycles. The Labute approximate surface area is 210 Å². The summed E-state index contributed by atoms with van der Waals surface area (Å²) in [7, 11) is 0. The van der Waals surface area contributed by atoms with Crippen molar-refractivity contribution >= 4 is 23.4 Å². The van der Waals surface area contributed by atoms with Crippen molar-refractivity contribution in [2.75, 3.05) is 5.32 Å². The van der Waals surface area contributed by atoms with Crippen molar-refractivity contribution in [1.29, 1.82) is 0 Å². The van der Waals surface area contributed by atoms with Crippen molar-refractivity contribution in [3.05, 3.63) is 100 Å². The maximum atomic E-state index is 14.3. The fraction of sp³-hybridized carbons (Fsp3) is 0.192. The molecule has 0 bridgehead atoms. The Morgan fingerprint density at radius 2 is 1.37 bits per heavy atom. The van der Waals surface area contributed by atoms with Gasteiger partial charge in [0.1, 0.15) is 0 Å². The van der Waals surface area contributed by atoms with E-state index in [1.165, 1.54) is 30.3 Å². The molecule has 3 amide bonds. The number of anilines is 1. The monoisotopic (exact) mass is 538 g/mol. The number of alkyl halides is 7.